The van der Waals surface area contributed by atoms with Crippen molar-refractivity contribution in [1.29, 1.82) is 0 Å². The molecule has 0 unspecified atom stereocenters. The lowest BCUT2D eigenvalue weighted by molar-refractivity contribution is -0.545. The second-order valence-electron chi connectivity index (χ2n) is 10.9. The van der Waals surface area contributed by atoms with E-state index in [4.69, 9.17) is 19.6 Å². The molecule has 1 fully saturated rings. The van der Waals surface area contributed by atoms with Crippen LogP contribution in [0.25, 0.3) is 0 Å². The van der Waals surface area contributed by atoms with Crippen LogP contribution in [-0.2, 0) is 19.6 Å². The summed E-state index contributed by atoms with van der Waals surface area (Å²) in [4.78, 5) is 22.0. The molecule has 1 aliphatic rings. The van der Waals surface area contributed by atoms with Crippen molar-refractivity contribution in [3.05, 3.63) is 0 Å². The summed E-state index contributed by atoms with van der Waals surface area (Å²) in [5.41, 5.74) is -0.703. The van der Waals surface area contributed by atoms with Crippen LogP contribution in [-0.4, -0.2) is 17.0 Å². The third kappa shape index (κ3) is 18.6. The van der Waals surface area contributed by atoms with Gasteiger partial charge in [0.15, 0.2) is 0 Å². The predicted octanol–water partition coefficient (Wildman–Crippen LogP) is 9.07. The van der Waals surface area contributed by atoms with E-state index in [2.05, 4.69) is 13.8 Å². The van der Waals surface area contributed by atoms with Crippen LogP contribution in [0.15, 0.2) is 0 Å². The Morgan fingerprint density at radius 3 is 1.17 bits per heavy atom. The van der Waals surface area contributed by atoms with Gasteiger partial charge in [-0.2, -0.15) is 9.78 Å². The first-order chi connectivity index (χ1) is 14.0. The van der Waals surface area contributed by atoms with Crippen molar-refractivity contribution in [2.45, 2.75) is 169 Å². The minimum Gasteiger partial charge on any atom is -0.228 e. The maximum atomic E-state index is 5.58. The Bertz CT molecular complexity index is 345. The molecule has 0 atom stereocenters. The van der Waals surface area contributed by atoms with Gasteiger partial charge in [-0.3, -0.25) is 0 Å². The van der Waals surface area contributed by atoms with E-state index in [0.717, 1.165) is 25.7 Å². The fraction of sp³-hybridized carbons (Fsp3) is 1.00. The van der Waals surface area contributed by atoms with Crippen LogP contribution >= 0.6 is 0 Å². The summed E-state index contributed by atoms with van der Waals surface area (Å²) in [5.74, 6) is -0.751. The molecule has 30 heavy (non-hydrogen) atoms. The molecule has 1 saturated carbocycles. The van der Waals surface area contributed by atoms with Gasteiger partial charge in [0.05, 0.1) is 11.2 Å². The molecule has 4 heteroatoms. The molecule has 0 amide bonds. The van der Waals surface area contributed by atoms with Gasteiger partial charge < -0.3 is 0 Å². The van der Waals surface area contributed by atoms with Gasteiger partial charge >= 0.3 is 0 Å². The third-order valence-electron chi connectivity index (χ3n) is 4.96. The van der Waals surface area contributed by atoms with Gasteiger partial charge in [-0.25, -0.2) is 9.78 Å². The molecule has 0 aromatic rings. The third-order valence-corrected chi connectivity index (χ3v) is 4.96. The van der Waals surface area contributed by atoms with Gasteiger partial charge in [0.2, 0.25) is 5.79 Å². The van der Waals surface area contributed by atoms with E-state index in [1.165, 1.54) is 70.6 Å². The van der Waals surface area contributed by atoms with Crippen molar-refractivity contribution >= 4 is 0 Å². The highest BCUT2D eigenvalue weighted by Gasteiger charge is 2.39. The summed E-state index contributed by atoms with van der Waals surface area (Å²) in [6.07, 6.45) is 19.4. The largest absolute Gasteiger partial charge is 0.234 e. The average Bonchev–Trinajstić information content (AvgIpc) is 2.67. The molecule has 4 nitrogen and oxygen atoms in total. The second-order valence-corrected chi connectivity index (χ2v) is 10.9. The zero-order valence-electron chi connectivity index (χ0n) is 21.7. The van der Waals surface area contributed by atoms with Gasteiger partial charge in [0.25, 0.3) is 0 Å². The summed E-state index contributed by atoms with van der Waals surface area (Å²) in [5, 5.41) is 0. The van der Waals surface area contributed by atoms with Gasteiger partial charge in [-0.1, -0.05) is 84.5 Å². The standard InChI is InChI=1S/C14H28O4.C12H26/c1-12(2,3)15-17-14(10-8-7-9-11-14)18-16-13(4,5)6;1-3-5-7-9-11-12-10-8-6-4-2/h7-11H2,1-6H3;3-12H2,1-2H3. The van der Waals surface area contributed by atoms with E-state index in [1.54, 1.807) is 0 Å². The molecule has 182 valence electrons. The first-order valence-corrected chi connectivity index (χ1v) is 12.8. The Morgan fingerprint density at radius 1 is 0.533 bits per heavy atom. The highest BCUT2D eigenvalue weighted by atomic mass is 17.3. The molecule has 0 aromatic carbocycles. The highest BCUT2D eigenvalue weighted by Crippen LogP contribution is 2.35. The summed E-state index contributed by atoms with van der Waals surface area (Å²) in [6, 6.07) is 0. The molecular formula is C26H54O4. The number of unbranched alkanes of at least 4 members (excludes halogenated alkanes) is 9. The maximum absolute atomic E-state index is 5.58. The fourth-order valence-electron chi connectivity index (χ4n) is 3.23. The predicted molar refractivity (Wildman–Crippen MR) is 127 cm³/mol. The lowest BCUT2D eigenvalue weighted by Crippen LogP contribution is -2.42. The lowest BCUT2D eigenvalue weighted by Gasteiger charge is -2.37. The second kappa shape index (κ2) is 16.5. The minimum absolute atomic E-state index is 0.352. The van der Waals surface area contributed by atoms with Gasteiger partial charge in [0, 0.05) is 12.8 Å². The van der Waals surface area contributed by atoms with Crippen molar-refractivity contribution in [3.8, 4) is 0 Å². The van der Waals surface area contributed by atoms with E-state index in [1.807, 2.05) is 41.5 Å². The summed E-state index contributed by atoms with van der Waals surface area (Å²) in [6.45, 7) is 16.3. The minimum atomic E-state index is -0.751. The number of rotatable bonds is 13. The van der Waals surface area contributed by atoms with E-state index in [9.17, 15) is 0 Å². The fourth-order valence-corrected chi connectivity index (χ4v) is 3.23. The average molecular weight is 431 g/mol. The van der Waals surface area contributed by atoms with E-state index < -0.39 is 5.79 Å². The maximum Gasteiger partial charge on any atom is 0.234 e. The first kappa shape index (κ1) is 29.8. The monoisotopic (exact) mass is 430 g/mol. The van der Waals surface area contributed by atoms with Crippen molar-refractivity contribution in [3.63, 3.8) is 0 Å². The summed E-state index contributed by atoms with van der Waals surface area (Å²) >= 11 is 0. The normalized spacial score (nSPS) is 16.8. The Morgan fingerprint density at radius 2 is 0.867 bits per heavy atom. The molecule has 1 rings (SSSR count). The molecule has 0 aromatic heterocycles. The molecule has 0 radical (unpaired) electrons. The SMILES string of the molecule is CC(C)(C)OOC1(OOC(C)(C)C)CCCCC1.CCCCCCCCCCCC. The van der Waals surface area contributed by atoms with Crippen LogP contribution in [0.2, 0.25) is 0 Å². The van der Waals surface area contributed by atoms with Gasteiger partial charge in [-0.05, 0) is 54.4 Å². The van der Waals surface area contributed by atoms with E-state index >= 15 is 0 Å². The van der Waals surface area contributed by atoms with Crippen LogP contribution in [0.3, 0.4) is 0 Å². The number of hydrogen-bond acceptors (Lipinski definition) is 4. The van der Waals surface area contributed by atoms with Crippen molar-refractivity contribution in [2.75, 3.05) is 0 Å². The summed E-state index contributed by atoms with van der Waals surface area (Å²) < 4.78 is 0. The Kier molecular flexibility index (Phi) is 16.4. The van der Waals surface area contributed by atoms with E-state index in [0.29, 0.717) is 0 Å². The topological polar surface area (TPSA) is 36.9 Å². The van der Waals surface area contributed by atoms with Crippen LogP contribution in [0, 0.1) is 0 Å². The van der Waals surface area contributed by atoms with Gasteiger partial charge in [-0.15, -0.1) is 0 Å². The smallest absolute Gasteiger partial charge is 0.228 e. The first-order valence-electron chi connectivity index (χ1n) is 12.8. The summed E-state index contributed by atoms with van der Waals surface area (Å²) in [7, 11) is 0. The van der Waals surface area contributed by atoms with Crippen molar-refractivity contribution in [2.24, 2.45) is 0 Å². The Hall–Kier alpha value is -0.160. The highest BCUT2D eigenvalue weighted by molar-refractivity contribution is 4.73. The van der Waals surface area contributed by atoms with Crippen molar-refractivity contribution < 1.29 is 19.6 Å². The van der Waals surface area contributed by atoms with E-state index in [-0.39, 0.29) is 11.2 Å². The van der Waals surface area contributed by atoms with Crippen molar-refractivity contribution in [1.82, 2.24) is 0 Å². The Balaban J connectivity index is 0.000000612. The molecule has 1 aliphatic carbocycles. The number of hydrogen-bond donors (Lipinski definition) is 0. The molecule has 0 saturated heterocycles. The van der Waals surface area contributed by atoms with Crippen LogP contribution < -0.4 is 0 Å². The molecule has 0 bridgehead atoms. The van der Waals surface area contributed by atoms with Crippen LogP contribution in [0.1, 0.15) is 152 Å². The molecule has 0 N–H and O–H groups in total. The van der Waals surface area contributed by atoms with Crippen LogP contribution in [0.4, 0.5) is 0 Å². The van der Waals surface area contributed by atoms with Crippen LogP contribution in [0.5, 0.6) is 0 Å². The zero-order valence-corrected chi connectivity index (χ0v) is 21.7. The molecule has 0 heterocycles. The lowest BCUT2D eigenvalue weighted by atomic mass is 9.94. The molecular weight excluding hydrogens is 376 g/mol. The Labute approximate surface area is 188 Å². The quantitative estimate of drug-likeness (QED) is 0.126. The molecule has 0 aliphatic heterocycles. The zero-order chi connectivity index (χ0) is 22.9. The molecule has 0 spiro atoms. The van der Waals surface area contributed by atoms with Gasteiger partial charge in [0.1, 0.15) is 0 Å².